The van der Waals surface area contributed by atoms with E-state index in [9.17, 15) is 4.79 Å². The van der Waals surface area contributed by atoms with E-state index in [0.29, 0.717) is 36.3 Å². The van der Waals surface area contributed by atoms with Crippen LogP contribution in [0.2, 0.25) is 0 Å². The molecule has 0 bridgehead atoms. The van der Waals surface area contributed by atoms with Gasteiger partial charge in [0.25, 0.3) is 5.91 Å². The Hall–Kier alpha value is -3.92. The van der Waals surface area contributed by atoms with Gasteiger partial charge in [0, 0.05) is 62.3 Å². The summed E-state index contributed by atoms with van der Waals surface area (Å²) in [6.07, 6.45) is 6.38. The molecule has 4 aromatic rings. The van der Waals surface area contributed by atoms with Crippen molar-refractivity contribution >= 4 is 28.6 Å². The first-order valence-corrected chi connectivity index (χ1v) is 11.1. The van der Waals surface area contributed by atoms with Crippen molar-refractivity contribution in [3.05, 3.63) is 47.9 Å². The van der Waals surface area contributed by atoms with Crippen molar-refractivity contribution in [1.29, 1.82) is 0 Å². The molecule has 3 aromatic heterocycles. The number of amides is 1. The molecule has 0 spiro atoms. The summed E-state index contributed by atoms with van der Waals surface area (Å²) < 4.78 is 13.5. The van der Waals surface area contributed by atoms with E-state index >= 15 is 0 Å². The molecule has 10 heteroatoms. The van der Waals surface area contributed by atoms with Crippen LogP contribution in [0.15, 0.2) is 36.8 Å². The number of fused-ring (bicyclic) bond motifs is 1. The lowest BCUT2D eigenvalue weighted by molar-refractivity contribution is 0.0827. The molecule has 10 nitrogen and oxygen atoms in total. The van der Waals surface area contributed by atoms with Crippen LogP contribution >= 0.6 is 0 Å². The Bertz CT molecular complexity index is 1350. The Kier molecular flexibility index (Phi) is 5.66. The minimum atomic E-state index is -0.0688. The molecule has 1 aromatic carbocycles. The maximum atomic E-state index is 12.3. The molecule has 1 aliphatic heterocycles. The highest BCUT2D eigenvalue weighted by Gasteiger charge is 2.23. The highest BCUT2D eigenvalue weighted by atomic mass is 16.5. The number of ether oxygens (including phenoxy) is 2. The number of H-pyrrole nitrogens is 1. The first kappa shape index (κ1) is 21.9. The number of hydrogen-bond acceptors (Lipinski definition) is 7. The van der Waals surface area contributed by atoms with Gasteiger partial charge in [0.05, 0.1) is 24.8 Å². The fraction of sp³-hybridized carbons (Fsp3) is 0.333. The number of carbonyl (C=O) groups is 1. The molecular formula is C24H27N7O3. The van der Waals surface area contributed by atoms with E-state index in [1.54, 1.807) is 35.9 Å². The maximum absolute atomic E-state index is 12.3. The molecule has 0 saturated carbocycles. The zero-order valence-electron chi connectivity index (χ0n) is 19.6. The van der Waals surface area contributed by atoms with Crippen LogP contribution in [0.25, 0.3) is 22.2 Å². The minimum Gasteiger partial charge on any atom is -0.471 e. The number of hydrogen-bond donors (Lipinski definition) is 2. The van der Waals surface area contributed by atoms with Crippen LogP contribution in [-0.2, 0) is 11.8 Å². The fourth-order valence-corrected chi connectivity index (χ4v) is 4.01. The van der Waals surface area contributed by atoms with Crippen molar-refractivity contribution in [2.45, 2.75) is 19.4 Å². The normalized spacial score (nSPS) is 15.6. The minimum absolute atomic E-state index is 0.0453. The van der Waals surface area contributed by atoms with Crippen LogP contribution in [-0.4, -0.2) is 69.0 Å². The second kappa shape index (κ2) is 8.79. The van der Waals surface area contributed by atoms with Crippen LogP contribution in [0.5, 0.6) is 5.88 Å². The number of anilines is 2. The van der Waals surface area contributed by atoms with Gasteiger partial charge in [0.2, 0.25) is 11.8 Å². The first-order valence-electron chi connectivity index (χ1n) is 11.1. The van der Waals surface area contributed by atoms with E-state index < -0.39 is 0 Å². The lowest BCUT2D eigenvalue weighted by atomic mass is 10.1. The van der Waals surface area contributed by atoms with Crippen molar-refractivity contribution in [2.24, 2.45) is 7.05 Å². The molecule has 4 heterocycles. The van der Waals surface area contributed by atoms with Gasteiger partial charge in [-0.25, -0.2) is 0 Å². The van der Waals surface area contributed by atoms with Gasteiger partial charge in [0.1, 0.15) is 11.8 Å². The SMILES string of the molecule is Cc1cc(C(=O)N(C)C)ccc1Nc1nc(O[C@H]2CCOC2)c2c(-c3cnn(C)c3)c[nH]c2n1. The molecule has 1 saturated heterocycles. The van der Waals surface area contributed by atoms with Crippen molar-refractivity contribution < 1.29 is 14.3 Å². The molecule has 34 heavy (non-hydrogen) atoms. The highest BCUT2D eigenvalue weighted by molar-refractivity contribution is 5.98. The second-order valence-corrected chi connectivity index (χ2v) is 8.64. The van der Waals surface area contributed by atoms with Crippen molar-refractivity contribution in [2.75, 3.05) is 32.6 Å². The van der Waals surface area contributed by atoms with E-state index in [1.165, 1.54) is 0 Å². The predicted octanol–water partition coefficient (Wildman–Crippen LogP) is 3.28. The third kappa shape index (κ3) is 4.19. The number of nitrogens with zero attached hydrogens (tertiary/aromatic N) is 5. The van der Waals surface area contributed by atoms with Gasteiger partial charge in [-0.2, -0.15) is 15.1 Å². The van der Waals surface area contributed by atoms with E-state index in [2.05, 4.69) is 15.4 Å². The molecule has 1 fully saturated rings. The molecular weight excluding hydrogens is 434 g/mol. The summed E-state index contributed by atoms with van der Waals surface area (Å²) in [5.74, 6) is 0.840. The molecule has 1 amide bonds. The van der Waals surface area contributed by atoms with E-state index in [0.717, 1.165) is 34.2 Å². The van der Waals surface area contributed by atoms with Gasteiger partial charge in [-0.3, -0.25) is 9.48 Å². The monoisotopic (exact) mass is 461 g/mol. The summed E-state index contributed by atoms with van der Waals surface area (Å²) in [4.78, 5) is 26.5. The predicted molar refractivity (Wildman–Crippen MR) is 128 cm³/mol. The van der Waals surface area contributed by atoms with Crippen LogP contribution in [0, 0.1) is 6.92 Å². The summed E-state index contributed by atoms with van der Waals surface area (Å²) in [7, 11) is 5.35. The van der Waals surface area contributed by atoms with E-state index in [-0.39, 0.29) is 12.0 Å². The smallest absolute Gasteiger partial charge is 0.253 e. The van der Waals surface area contributed by atoms with Gasteiger partial charge in [-0.1, -0.05) is 0 Å². The largest absolute Gasteiger partial charge is 0.471 e. The van der Waals surface area contributed by atoms with Crippen LogP contribution in [0.3, 0.4) is 0 Å². The average molecular weight is 462 g/mol. The van der Waals surface area contributed by atoms with Gasteiger partial charge in [-0.05, 0) is 30.7 Å². The van der Waals surface area contributed by atoms with Crippen LogP contribution < -0.4 is 10.1 Å². The third-order valence-electron chi connectivity index (χ3n) is 5.81. The molecule has 0 aliphatic carbocycles. The number of aryl methyl sites for hydroxylation is 2. The van der Waals surface area contributed by atoms with Gasteiger partial charge in [-0.15, -0.1) is 0 Å². The summed E-state index contributed by atoms with van der Waals surface area (Å²) in [5.41, 5.74) is 4.87. The second-order valence-electron chi connectivity index (χ2n) is 8.64. The molecule has 176 valence electrons. The Morgan fingerprint density at radius 3 is 2.85 bits per heavy atom. The molecule has 1 atom stereocenters. The number of rotatable bonds is 6. The van der Waals surface area contributed by atoms with Gasteiger partial charge >= 0.3 is 0 Å². The molecule has 0 unspecified atom stereocenters. The zero-order chi connectivity index (χ0) is 23.8. The Morgan fingerprint density at radius 2 is 2.18 bits per heavy atom. The van der Waals surface area contributed by atoms with E-state index in [4.69, 9.17) is 19.4 Å². The summed E-state index contributed by atoms with van der Waals surface area (Å²) in [6.45, 7) is 3.14. The third-order valence-corrected chi connectivity index (χ3v) is 5.81. The van der Waals surface area contributed by atoms with Crippen molar-refractivity contribution in [3.63, 3.8) is 0 Å². The first-order chi connectivity index (χ1) is 16.4. The zero-order valence-corrected chi connectivity index (χ0v) is 19.6. The summed E-state index contributed by atoms with van der Waals surface area (Å²) in [5, 5.41) is 8.37. The van der Waals surface area contributed by atoms with Gasteiger partial charge < -0.3 is 24.7 Å². The molecule has 5 rings (SSSR count). The lowest BCUT2D eigenvalue weighted by Crippen LogP contribution is -2.21. The average Bonchev–Trinajstić information content (AvgIpc) is 3.55. The van der Waals surface area contributed by atoms with Crippen molar-refractivity contribution in [1.82, 2.24) is 29.6 Å². The van der Waals surface area contributed by atoms with Crippen molar-refractivity contribution in [3.8, 4) is 17.0 Å². The van der Waals surface area contributed by atoms with Gasteiger partial charge in [0.15, 0.2) is 0 Å². The topological polar surface area (TPSA) is 110 Å². The standard InChI is InChI=1S/C24H27N7O3/c1-14-9-15(23(32)30(2)3)5-6-19(14)27-24-28-21-20(22(29-24)34-17-7-8-33-13-17)18(11-25-21)16-10-26-31(4)12-16/h5-6,9-12,17H,7-8,13H2,1-4H3,(H2,25,27,28,29)/t17-/m0/s1. The highest BCUT2D eigenvalue weighted by Crippen LogP contribution is 2.35. The van der Waals surface area contributed by atoms with Crippen LogP contribution in [0.4, 0.5) is 11.6 Å². The fourth-order valence-electron chi connectivity index (χ4n) is 4.01. The Labute approximate surface area is 196 Å². The van der Waals surface area contributed by atoms with E-state index in [1.807, 2.05) is 38.5 Å². The Morgan fingerprint density at radius 1 is 1.32 bits per heavy atom. The number of benzene rings is 1. The number of aromatic nitrogens is 5. The number of carbonyl (C=O) groups excluding carboxylic acids is 1. The molecule has 1 aliphatic rings. The number of aromatic amines is 1. The Balaban J connectivity index is 1.53. The molecule has 0 radical (unpaired) electrons. The quantitative estimate of drug-likeness (QED) is 0.453. The summed E-state index contributed by atoms with van der Waals surface area (Å²) >= 11 is 0. The van der Waals surface area contributed by atoms with Crippen LogP contribution in [0.1, 0.15) is 22.3 Å². The summed E-state index contributed by atoms with van der Waals surface area (Å²) in [6, 6.07) is 5.50. The lowest BCUT2D eigenvalue weighted by Gasteiger charge is -2.15. The molecule has 2 N–H and O–H groups in total. The maximum Gasteiger partial charge on any atom is 0.253 e. The number of nitrogens with one attached hydrogen (secondary N) is 2.